The number of benzene rings is 4. The molecule has 10 amide bonds. The molecule has 14 rings (SSSR count). The highest BCUT2D eigenvalue weighted by atomic mass is 35.5. The lowest BCUT2D eigenvalue weighted by Crippen LogP contribution is -2.54. The van der Waals surface area contributed by atoms with Crippen molar-refractivity contribution in [2.45, 2.75) is 130 Å². The van der Waals surface area contributed by atoms with Gasteiger partial charge >= 0.3 is 5.97 Å². The van der Waals surface area contributed by atoms with Gasteiger partial charge in [-0.25, -0.2) is 0 Å². The lowest BCUT2D eigenvalue weighted by Gasteiger charge is -2.27. The molecule has 660 valence electrons. The number of rotatable bonds is 38. The number of Topliss-reactive ketones (excluding diaryl/α,β-unsaturated/α-hetero) is 1. The Kier molecular flexibility index (Phi) is 32.2. The van der Waals surface area contributed by atoms with Crippen LogP contribution in [0.1, 0.15) is 185 Å². The topological polar surface area (TPSA) is 440 Å². The van der Waals surface area contributed by atoms with E-state index in [-0.39, 0.29) is 123 Å². The van der Waals surface area contributed by atoms with E-state index in [1.165, 1.54) is 35.2 Å². The first kappa shape index (κ1) is 92.7. The molecule has 0 spiro atoms. The average Bonchev–Trinajstić information content (AvgIpc) is 1.63. The van der Waals surface area contributed by atoms with Crippen LogP contribution in [0.5, 0.6) is 11.5 Å². The van der Waals surface area contributed by atoms with Crippen molar-refractivity contribution in [2.24, 2.45) is 9.98 Å². The maximum absolute atomic E-state index is 13.2. The van der Waals surface area contributed by atoms with E-state index >= 15 is 0 Å². The first-order chi connectivity index (χ1) is 60.2. The zero-order valence-electron chi connectivity index (χ0n) is 69.7. The summed E-state index contributed by atoms with van der Waals surface area (Å²) in [5, 5.41) is 39.7. The predicted octanol–water partition coefficient (Wildman–Crippen LogP) is 8.50. The second-order valence-electron chi connectivity index (χ2n) is 29.5. The van der Waals surface area contributed by atoms with Crippen LogP contribution in [-0.4, -0.2) is 244 Å². The number of aliphatic imine (C=N–C) groups is 2. The predicted molar refractivity (Wildman–Crippen MR) is 456 cm³/mol. The standard InChI is InChI=1S/C42H45ClN8O10S.C25H32N2O9.C19H17ClN4O2S/c1-23-24(2)62-42-35(23)37(26-7-9-27(43)10-8-26)46-29(38-49-48-25(3)50(38)42)21-33(53)44-13-15-58-17-19-60-20-18-59-16-14-45-34(54)22-61-31-6-4-5-28-36(31)41(57)51(40(28)56)30-11-12-32(52)47-39(30)55;1-2-10-33-12-14-35-15-13-34-11-4-5-17(28)16-36-20-7-3-6-18-22(20)25(32)27(24(18)31)19-8-9-21(29)26-23(19)30;1-9-10(2)27-19-16(9)17(12-4-6-13(20)7-5-12)21-14(8-15(25)26)18-23-22-11(3)24(18)19/h4-10,29-30H,11-22H2,1-3H3,(H,44,53)(H,45,54)(H,47,52,55);3,6-7,19H,2,4-5,8-16H2,1H3,(H,26,29,30);4-7,14H,8H2,1-3H3,(H,25,26)/t29-,30?;;14-/m0.0/s1. The van der Waals surface area contributed by atoms with Crippen molar-refractivity contribution in [1.29, 1.82) is 0 Å². The Labute approximate surface area is 736 Å². The molecule has 4 aromatic carbocycles. The molecule has 2 fully saturated rings. The quantitative estimate of drug-likeness (QED) is 0.0179. The minimum atomic E-state index is -1.11. The number of imide groups is 4. The number of hydrogen-bond donors (Lipinski definition) is 5. The molecule has 2 saturated heterocycles. The molecular formula is C86H94Cl2N14O21S2. The maximum Gasteiger partial charge on any atom is 0.306 e. The SMILES string of the molecule is CCCOCCOCCOCCCC(=O)COc1cccc2c1C(=O)N(C1CCC(=O)NC1=O)C2=O.Cc1sc2c(c1C)C(c1ccc(Cl)cc1)=N[C@@H](CC(=O)NCCOCCOCCOCCNC(=O)COc1cccc3c1C(=O)N(C1CCC(=O)NC1=O)C3=O)c1nnc(C)n1-2.Cc1sc2c(c1C)C(c1ccc(Cl)cc1)=N[C@@H](CC(=O)O)c1nnc(C)n1-2. The summed E-state index contributed by atoms with van der Waals surface area (Å²) in [6.45, 7) is 18.7. The number of nitrogens with one attached hydrogen (secondary N) is 4. The molecule has 2 unspecified atom stereocenters. The minimum Gasteiger partial charge on any atom is -0.485 e. The summed E-state index contributed by atoms with van der Waals surface area (Å²) < 4.78 is 47.9. The number of aromatic nitrogens is 6. The highest BCUT2D eigenvalue weighted by Gasteiger charge is 2.48. The van der Waals surface area contributed by atoms with E-state index in [9.17, 15) is 62.6 Å². The number of carboxylic acid groups (broad SMARTS) is 1. The first-order valence-electron chi connectivity index (χ1n) is 40.6. The molecule has 0 saturated carbocycles. The average molecular weight is 1790 g/mol. The molecule has 0 aliphatic carbocycles. The second kappa shape index (κ2) is 43.4. The van der Waals surface area contributed by atoms with Gasteiger partial charge in [0, 0.05) is 87.6 Å². The molecule has 125 heavy (non-hydrogen) atoms. The van der Waals surface area contributed by atoms with Gasteiger partial charge in [0.15, 0.2) is 24.0 Å². The van der Waals surface area contributed by atoms with Gasteiger partial charge in [-0.15, -0.1) is 43.1 Å². The third-order valence-corrected chi connectivity index (χ3v) is 23.7. The van der Waals surface area contributed by atoms with Crippen LogP contribution in [0.25, 0.3) is 10.0 Å². The van der Waals surface area contributed by atoms with Gasteiger partial charge in [0.2, 0.25) is 29.5 Å². The Hall–Kier alpha value is -11.5. The van der Waals surface area contributed by atoms with Gasteiger partial charge in [-0.05, 0) is 127 Å². The lowest BCUT2D eigenvalue weighted by atomic mass is 9.99. The van der Waals surface area contributed by atoms with E-state index in [4.69, 9.17) is 71.1 Å². The van der Waals surface area contributed by atoms with Crippen molar-refractivity contribution in [2.75, 3.05) is 106 Å². The molecule has 6 aliphatic heterocycles. The molecule has 39 heteroatoms. The lowest BCUT2D eigenvalue weighted by molar-refractivity contribution is -0.138. The highest BCUT2D eigenvalue weighted by molar-refractivity contribution is 7.15. The molecule has 5 N–H and O–H groups in total. The largest absolute Gasteiger partial charge is 0.485 e. The van der Waals surface area contributed by atoms with Crippen LogP contribution in [0.15, 0.2) is 94.9 Å². The number of aliphatic carboxylic acids is 1. The van der Waals surface area contributed by atoms with Crippen molar-refractivity contribution in [3.63, 3.8) is 0 Å². The monoisotopic (exact) mass is 1790 g/mol. The van der Waals surface area contributed by atoms with Gasteiger partial charge < -0.3 is 53.6 Å². The van der Waals surface area contributed by atoms with Gasteiger partial charge in [-0.1, -0.05) is 66.5 Å². The molecular weight excluding hydrogens is 1700 g/mol. The summed E-state index contributed by atoms with van der Waals surface area (Å²) >= 11 is 15.6. The number of piperidine rings is 2. The zero-order chi connectivity index (χ0) is 89.1. The molecule has 8 aromatic rings. The third kappa shape index (κ3) is 22.4. The van der Waals surface area contributed by atoms with E-state index in [0.717, 1.165) is 88.3 Å². The van der Waals surface area contributed by atoms with Gasteiger partial charge in [0.25, 0.3) is 29.5 Å². The number of ether oxygens (including phenoxy) is 8. The van der Waals surface area contributed by atoms with Crippen LogP contribution in [-0.2, 0) is 66.8 Å². The van der Waals surface area contributed by atoms with Crippen molar-refractivity contribution in [1.82, 2.24) is 60.6 Å². The number of thiophene rings is 2. The van der Waals surface area contributed by atoms with Crippen LogP contribution in [0.3, 0.4) is 0 Å². The summed E-state index contributed by atoms with van der Waals surface area (Å²) in [5.41, 5.74) is 7.69. The van der Waals surface area contributed by atoms with E-state index in [2.05, 4.69) is 69.4 Å². The number of amides is 10. The van der Waals surface area contributed by atoms with Crippen molar-refractivity contribution < 1.29 is 101 Å². The molecule has 10 heterocycles. The van der Waals surface area contributed by atoms with E-state index in [1.54, 1.807) is 28.7 Å². The normalized spacial score (nSPS) is 16.8. The Morgan fingerprint density at radius 1 is 0.488 bits per heavy atom. The molecule has 6 aliphatic rings. The first-order valence-corrected chi connectivity index (χ1v) is 43.0. The number of nitrogens with zero attached hydrogens (tertiary/aromatic N) is 10. The molecule has 4 aromatic heterocycles. The minimum absolute atomic E-state index is 0.00146. The summed E-state index contributed by atoms with van der Waals surface area (Å²) in [6, 6.07) is 20.5. The number of hydrogen-bond acceptors (Lipinski definition) is 28. The summed E-state index contributed by atoms with van der Waals surface area (Å²) in [4.78, 5) is 163. The van der Waals surface area contributed by atoms with Gasteiger partial charge in [0.1, 0.15) is 63.9 Å². The number of halogens is 2. The van der Waals surface area contributed by atoms with Gasteiger partial charge in [0.05, 0.1) is 113 Å². The molecule has 0 bridgehead atoms. The highest BCUT2D eigenvalue weighted by Crippen LogP contribution is 2.43. The fraction of sp³-hybridized carbons (Fsp3) is 0.419. The number of carboxylic acids is 1. The van der Waals surface area contributed by atoms with Crippen molar-refractivity contribution >= 4 is 128 Å². The number of carbonyl (C=O) groups is 12. The van der Waals surface area contributed by atoms with E-state index in [0.29, 0.717) is 93.3 Å². The Morgan fingerprint density at radius 3 is 1.33 bits per heavy atom. The van der Waals surface area contributed by atoms with Gasteiger partial charge in [-0.2, -0.15) is 0 Å². The van der Waals surface area contributed by atoms with Crippen LogP contribution < -0.4 is 30.7 Å². The number of carbonyl (C=O) groups excluding carboxylic acids is 11. The Morgan fingerprint density at radius 2 is 0.896 bits per heavy atom. The summed E-state index contributed by atoms with van der Waals surface area (Å²) in [5.74, 6) is -4.08. The van der Waals surface area contributed by atoms with Crippen LogP contribution in [0.2, 0.25) is 10.0 Å². The Balaban J connectivity index is 0.000000190. The number of ketones is 1. The van der Waals surface area contributed by atoms with Gasteiger partial charge in [-0.3, -0.25) is 97.1 Å². The zero-order valence-corrected chi connectivity index (χ0v) is 72.9. The van der Waals surface area contributed by atoms with Crippen LogP contribution in [0, 0.1) is 41.5 Å². The third-order valence-electron chi connectivity index (χ3n) is 20.8. The van der Waals surface area contributed by atoms with Crippen molar-refractivity contribution in [3.8, 4) is 21.5 Å². The summed E-state index contributed by atoms with van der Waals surface area (Å²) in [6.07, 6.45) is 1.76. The summed E-state index contributed by atoms with van der Waals surface area (Å²) in [7, 11) is 0. The number of aryl methyl sites for hydroxylation is 4. The van der Waals surface area contributed by atoms with Crippen LogP contribution in [0.4, 0.5) is 0 Å². The fourth-order valence-electron chi connectivity index (χ4n) is 14.4. The molecule has 4 atom stereocenters. The van der Waals surface area contributed by atoms with E-state index < -0.39 is 89.9 Å². The molecule has 35 nitrogen and oxygen atoms in total. The molecule has 0 radical (unpaired) electrons. The maximum atomic E-state index is 13.2. The Bertz CT molecular complexity index is 5470. The van der Waals surface area contributed by atoms with Crippen LogP contribution >= 0.6 is 45.9 Å². The smallest absolute Gasteiger partial charge is 0.306 e. The van der Waals surface area contributed by atoms with Crippen molar-refractivity contribution in [3.05, 3.63) is 184 Å². The number of fused-ring (bicyclic) bond motifs is 8. The van der Waals surface area contributed by atoms with E-state index in [1.807, 2.05) is 78.4 Å². The fourth-order valence-corrected chi connectivity index (χ4v) is 17.1. The second-order valence-corrected chi connectivity index (χ2v) is 32.7.